The summed E-state index contributed by atoms with van der Waals surface area (Å²) in [6.45, 7) is 0.516. The number of nitrogens with one attached hydrogen (secondary N) is 1. The van der Waals surface area contributed by atoms with Gasteiger partial charge in [0.1, 0.15) is 0 Å². The predicted molar refractivity (Wildman–Crippen MR) is 72.7 cm³/mol. The maximum absolute atomic E-state index is 12.1. The lowest BCUT2D eigenvalue weighted by molar-refractivity contribution is 0.580. The van der Waals surface area contributed by atoms with Gasteiger partial charge in [-0.25, -0.2) is 13.1 Å². The smallest absolute Gasteiger partial charge is 0.242 e. The minimum atomic E-state index is -3.48. The van der Waals surface area contributed by atoms with Crippen molar-refractivity contribution in [3.8, 4) is 0 Å². The fraction of sp³-hybridized carbons (Fsp3) is 0.167. The van der Waals surface area contributed by atoms with E-state index in [1.165, 1.54) is 11.3 Å². The van der Waals surface area contributed by atoms with Crippen molar-refractivity contribution in [3.05, 3.63) is 52.2 Å². The van der Waals surface area contributed by atoms with Gasteiger partial charge in [-0.3, -0.25) is 0 Å². The van der Waals surface area contributed by atoms with E-state index in [-0.39, 0.29) is 18.0 Å². The minimum Gasteiger partial charge on any atom is -0.326 e. The molecule has 6 heteroatoms. The fourth-order valence-electron chi connectivity index (χ4n) is 1.57. The summed E-state index contributed by atoms with van der Waals surface area (Å²) in [5.41, 5.74) is 6.44. The summed E-state index contributed by atoms with van der Waals surface area (Å²) >= 11 is 1.35. The van der Waals surface area contributed by atoms with Crippen LogP contribution in [0.5, 0.6) is 0 Å². The molecule has 1 heterocycles. The van der Waals surface area contributed by atoms with Gasteiger partial charge in [0.25, 0.3) is 0 Å². The Balaban J connectivity index is 2.13. The average molecular weight is 282 g/mol. The Labute approximate surface area is 111 Å². The normalized spacial score (nSPS) is 11.6. The van der Waals surface area contributed by atoms with E-state index in [2.05, 4.69) is 4.72 Å². The third kappa shape index (κ3) is 2.97. The van der Waals surface area contributed by atoms with E-state index in [1.807, 2.05) is 30.3 Å². The Morgan fingerprint density at radius 3 is 2.56 bits per heavy atom. The van der Waals surface area contributed by atoms with Crippen LogP contribution < -0.4 is 10.5 Å². The molecule has 0 atom stereocenters. The number of benzene rings is 1. The van der Waals surface area contributed by atoms with Gasteiger partial charge in [0.2, 0.25) is 10.0 Å². The Bertz CT molecular complexity index is 606. The SMILES string of the molecule is NCc1sccc1S(=O)(=O)NCc1ccccc1. The van der Waals surface area contributed by atoms with E-state index in [0.717, 1.165) is 5.56 Å². The zero-order valence-corrected chi connectivity index (χ0v) is 11.3. The fourth-order valence-corrected chi connectivity index (χ4v) is 3.92. The second kappa shape index (κ2) is 5.62. The van der Waals surface area contributed by atoms with Gasteiger partial charge in [-0.05, 0) is 17.0 Å². The van der Waals surface area contributed by atoms with E-state index in [1.54, 1.807) is 11.4 Å². The first-order valence-corrected chi connectivity index (χ1v) is 7.80. The van der Waals surface area contributed by atoms with Gasteiger partial charge in [-0.2, -0.15) is 0 Å². The van der Waals surface area contributed by atoms with Crippen molar-refractivity contribution in [1.29, 1.82) is 0 Å². The van der Waals surface area contributed by atoms with Crippen LogP contribution in [-0.2, 0) is 23.1 Å². The summed E-state index contributed by atoms with van der Waals surface area (Å²) in [6, 6.07) is 11.0. The van der Waals surface area contributed by atoms with E-state index < -0.39 is 10.0 Å². The van der Waals surface area contributed by atoms with Crippen molar-refractivity contribution in [2.75, 3.05) is 0 Å². The molecule has 0 bridgehead atoms. The largest absolute Gasteiger partial charge is 0.326 e. The molecule has 3 N–H and O–H groups in total. The molecule has 18 heavy (non-hydrogen) atoms. The Morgan fingerprint density at radius 1 is 1.17 bits per heavy atom. The quantitative estimate of drug-likeness (QED) is 0.876. The molecule has 0 aliphatic rings. The molecular weight excluding hydrogens is 268 g/mol. The molecule has 0 saturated carbocycles. The zero-order chi connectivity index (χ0) is 13.0. The van der Waals surface area contributed by atoms with Crippen LogP contribution >= 0.6 is 11.3 Å². The lowest BCUT2D eigenvalue weighted by Crippen LogP contribution is -2.24. The molecule has 0 amide bonds. The molecule has 1 aromatic carbocycles. The van der Waals surface area contributed by atoms with Gasteiger partial charge >= 0.3 is 0 Å². The van der Waals surface area contributed by atoms with Crippen LogP contribution in [0, 0.1) is 0 Å². The van der Waals surface area contributed by atoms with Crippen LogP contribution in [-0.4, -0.2) is 8.42 Å². The lowest BCUT2D eigenvalue weighted by atomic mass is 10.2. The van der Waals surface area contributed by atoms with Crippen LogP contribution in [0.25, 0.3) is 0 Å². The molecule has 2 rings (SSSR count). The molecule has 4 nitrogen and oxygen atoms in total. The van der Waals surface area contributed by atoms with E-state index in [9.17, 15) is 8.42 Å². The highest BCUT2D eigenvalue weighted by Crippen LogP contribution is 2.21. The van der Waals surface area contributed by atoms with Crippen LogP contribution in [0.1, 0.15) is 10.4 Å². The number of thiophene rings is 1. The van der Waals surface area contributed by atoms with Crippen LogP contribution in [0.3, 0.4) is 0 Å². The topological polar surface area (TPSA) is 72.2 Å². The highest BCUT2D eigenvalue weighted by atomic mass is 32.2. The monoisotopic (exact) mass is 282 g/mol. The molecule has 0 radical (unpaired) electrons. The summed E-state index contributed by atoms with van der Waals surface area (Å²) in [5, 5.41) is 1.74. The van der Waals surface area contributed by atoms with Crippen LogP contribution in [0.2, 0.25) is 0 Å². The van der Waals surface area contributed by atoms with Crippen molar-refractivity contribution < 1.29 is 8.42 Å². The highest BCUT2D eigenvalue weighted by molar-refractivity contribution is 7.89. The first-order chi connectivity index (χ1) is 8.63. The molecular formula is C12H14N2O2S2. The number of hydrogen-bond acceptors (Lipinski definition) is 4. The standard InChI is InChI=1S/C12H14N2O2S2/c13-8-11-12(6-7-17-11)18(15,16)14-9-10-4-2-1-3-5-10/h1-7,14H,8-9,13H2. The number of rotatable bonds is 5. The molecule has 0 fully saturated rings. The second-order valence-electron chi connectivity index (χ2n) is 3.72. The molecule has 0 saturated heterocycles. The molecule has 1 aromatic heterocycles. The summed E-state index contributed by atoms with van der Waals surface area (Å²) in [4.78, 5) is 0.960. The molecule has 96 valence electrons. The lowest BCUT2D eigenvalue weighted by Gasteiger charge is -2.06. The van der Waals surface area contributed by atoms with Gasteiger partial charge < -0.3 is 5.73 Å². The van der Waals surface area contributed by atoms with Gasteiger partial charge in [0.15, 0.2) is 0 Å². The minimum absolute atomic E-state index is 0.235. The van der Waals surface area contributed by atoms with Gasteiger partial charge in [0, 0.05) is 18.0 Å². The maximum atomic E-state index is 12.1. The van der Waals surface area contributed by atoms with Crippen molar-refractivity contribution >= 4 is 21.4 Å². The van der Waals surface area contributed by atoms with Gasteiger partial charge in [-0.1, -0.05) is 30.3 Å². The third-order valence-corrected chi connectivity index (χ3v) is 5.05. The summed E-state index contributed by atoms with van der Waals surface area (Å²) in [6.07, 6.45) is 0. The van der Waals surface area contributed by atoms with E-state index >= 15 is 0 Å². The molecule has 0 aliphatic heterocycles. The van der Waals surface area contributed by atoms with Crippen LogP contribution in [0.4, 0.5) is 0 Å². The van der Waals surface area contributed by atoms with Crippen molar-refractivity contribution in [2.24, 2.45) is 5.73 Å². The summed E-state index contributed by atoms with van der Waals surface area (Å²) < 4.78 is 26.7. The van der Waals surface area contributed by atoms with Crippen molar-refractivity contribution in [2.45, 2.75) is 18.0 Å². The third-order valence-electron chi connectivity index (χ3n) is 2.49. The average Bonchev–Trinajstić information content (AvgIpc) is 2.87. The number of hydrogen-bond donors (Lipinski definition) is 2. The molecule has 2 aromatic rings. The van der Waals surface area contributed by atoms with Gasteiger partial charge in [0.05, 0.1) is 4.90 Å². The Kier molecular flexibility index (Phi) is 4.13. The maximum Gasteiger partial charge on any atom is 0.242 e. The van der Waals surface area contributed by atoms with Crippen LogP contribution in [0.15, 0.2) is 46.7 Å². The van der Waals surface area contributed by atoms with Crippen molar-refractivity contribution in [1.82, 2.24) is 4.72 Å². The highest BCUT2D eigenvalue weighted by Gasteiger charge is 2.18. The van der Waals surface area contributed by atoms with E-state index in [4.69, 9.17) is 5.73 Å². The van der Waals surface area contributed by atoms with E-state index in [0.29, 0.717) is 4.88 Å². The number of sulfonamides is 1. The molecule has 0 aliphatic carbocycles. The summed E-state index contributed by atoms with van der Waals surface area (Å²) in [5.74, 6) is 0. The molecule has 0 spiro atoms. The number of nitrogens with two attached hydrogens (primary N) is 1. The zero-order valence-electron chi connectivity index (χ0n) is 9.67. The van der Waals surface area contributed by atoms with Crippen molar-refractivity contribution in [3.63, 3.8) is 0 Å². The Morgan fingerprint density at radius 2 is 1.89 bits per heavy atom. The summed E-state index contributed by atoms with van der Waals surface area (Å²) in [7, 11) is -3.48. The van der Waals surface area contributed by atoms with Gasteiger partial charge in [-0.15, -0.1) is 11.3 Å². The predicted octanol–water partition coefficient (Wildman–Crippen LogP) is 1.69. The Hall–Kier alpha value is -1.21. The first kappa shape index (κ1) is 13.2. The second-order valence-corrected chi connectivity index (χ2v) is 6.46. The first-order valence-electron chi connectivity index (χ1n) is 5.43. The molecule has 0 unspecified atom stereocenters.